The van der Waals surface area contributed by atoms with E-state index in [1.54, 1.807) is 0 Å². The first-order valence-electron chi connectivity index (χ1n) is 8.54. The van der Waals surface area contributed by atoms with Crippen molar-refractivity contribution in [3.05, 3.63) is 29.3 Å². The zero-order valence-electron chi connectivity index (χ0n) is 14.0. The molecule has 0 bridgehead atoms. The Labute approximate surface area is 141 Å². The summed E-state index contributed by atoms with van der Waals surface area (Å²) >= 11 is 0. The van der Waals surface area contributed by atoms with Gasteiger partial charge in [-0.05, 0) is 23.6 Å². The SMILES string of the molecule is CCCC(=O)N1CCN(C(=O)Cc2ccc3c(c2)CC(=O)N3)CC1. The smallest absolute Gasteiger partial charge is 0.228 e. The van der Waals surface area contributed by atoms with Crippen molar-refractivity contribution in [3.63, 3.8) is 0 Å². The molecule has 2 heterocycles. The highest BCUT2D eigenvalue weighted by atomic mass is 16.2. The summed E-state index contributed by atoms with van der Waals surface area (Å²) in [4.78, 5) is 39.4. The first kappa shape index (κ1) is 16.5. The second kappa shape index (κ2) is 7.03. The van der Waals surface area contributed by atoms with Crippen molar-refractivity contribution in [2.75, 3.05) is 31.5 Å². The van der Waals surface area contributed by atoms with Gasteiger partial charge in [0, 0.05) is 38.3 Å². The molecule has 1 fully saturated rings. The Morgan fingerprint density at radius 1 is 1.08 bits per heavy atom. The number of hydrogen-bond donors (Lipinski definition) is 1. The van der Waals surface area contributed by atoms with Gasteiger partial charge in [-0.1, -0.05) is 19.1 Å². The van der Waals surface area contributed by atoms with Crippen LogP contribution < -0.4 is 5.32 Å². The number of benzene rings is 1. The maximum absolute atomic E-state index is 12.5. The van der Waals surface area contributed by atoms with Gasteiger partial charge in [0.25, 0.3) is 0 Å². The zero-order valence-corrected chi connectivity index (χ0v) is 14.0. The number of hydrogen-bond acceptors (Lipinski definition) is 3. The molecule has 1 saturated heterocycles. The highest BCUT2D eigenvalue weighted by molar-refractivity contribution is 5.99. The fourth-order valence-electron chi connectivity index (χ4n) is 3.26. The number of anilines is 1. The molecule has 24 heavy (non-hydrogen) atoms. The lowest BCUT2D eigenvalue weighted by atomic mass is 10.1. The molecule has 1 aromatic carbocycles. The Morgan fingerprint density at radius 3 is 2.42 bits per heavy atom. The lowest BCUT2D eigenvalue weighted by molar-refractivity contribution is -0.139. The van der Waals surface area contributed by atoms with Crippen molar-refractivity contribution in [2.45, 2.75) is 32.6 Å². The highest BCUT2D eigenvalue weighted by Crippen LogP contribution is 2.24. The second-order valence-corrected chi connectivity index (χ2v) is 6.40. The van der Waals surface area contributed by atoms with Crippen LogP contribution >= 0.6 is 0 Å². The van der Waals surface area contributed by atoms with Gasteiger partial charge in [0.15, 0.2) is 0 Å². The van der Waals surface area contributed by atoms with Crippen LogP contribution in [0.4, 0.5) is 5.69 Å². The van der Waals surface area contributed by atoms with Crippen molar-refractivity contribution in [1.82, 2.24) is 9.80 Å². The molecule has 0 saturated carbocycles. The Morgan fingerprint density at radius 2 is 1.75 bits per heavy atom. The van der Waals surface area contributed by atoms with E-state index < -0.39 is 0 Å². The quantitative estimate of drug-likeness (QED) is 0.902. The number of rotatable bonds is 4. The van der Waals surface area contributed by atoms with Gasteiger partial charge in [0.1, 0.15) is 0 Å². The topological polar surface area (TPSA) is 69.7 Å². The van der Waals surface area contributed by atoms with Crippen LogP contribution in [-0.2, 0) is 27.2 Å². The average Bonchev–Trinajstić information content (AvgIpc) is 2.94. The minimum atomic E-state index is 0.00125. The molecule has 3 rings (SSSR count). The Kier molecular flexibility index (Phi) is 4.83. The third kappa shape index (κ3) is 3.58. The fraction of sp³-hybridized carbons (Fsp3) is 0.500. The van der Waals surface area contributed by atoms with Gasteiger partial charge in [-0.25, -0.2) is 0 Å². The lowest BCUT2D eigenvalue weighted by Crippen LogP contribution is -2.50. The van der Waals surface area contributed by atoms with E-state index in [1.165, 1.54) is 0 Å². The van der Waals surface area contributed by atoms with E-state index in [4.69, 9.17) is 0 Å². The van der Waals surface area contributed by atoms with Crippen LogP contribution in [0.1, 0.15) is 30.9 Å². The summed E-state index contributed by atoms with van der Waals surface area (Å²) in [5.74, 6) is 0.261. The fourth-order valence-corrected chi connectivity index (χ4v) is 3.26. The van der Waals surface area contributed by atoms with Crippen LogP contribution in [0.25, 0.3) is 0 Å². The summed E-state index contributed by atoms with van der Waals surface area (Å²) < 4.78 is 0. The largest absolute Gasteiger partial charge is 0.339 e. The van der Waals surface area contributed by atoms with Crippen LogP contribution in [-0.4, -0.2) is 53.7 Å². The van der Waals surface area contributed by atoms with Crippen LogP contribution in [0.5, 0.6) is 0 Å². The standard InChI is InChI=1S/C18H23N3O3/c1-2-3-17(23)20-6-8-21(9-7-20)18(24)11-13-4-5-15-14(10-13)12-16(22)19-15/h4-5,10H,2-3,6-9,11-12H2,1H3,(H,19,22). The van der Waals surface area contributed by atoms with E-state index in [2.05, 4.69) is 5.32 Å². The number of amides is 3. The summed E-state index contributed by atoms with van der Waals surface area (Å²) in [5, 5.41) is 2.80. The van der Waals surface area contributed by atoms with E-state index in [-0.39, 0.29) is 17.7 Å². The first-order valence-corrected chi connectivity index (χ1v) is 8.54. The van der Waals surface area contributed by atoms with E-state index in [0.717, 1.165) is 23.2 Å². The molecule has 0 spiro atoms. The summed E-state index contributed by atoms with van der Waals surface area (Å²) in [6, 6.07) is 5.69. The Balaban J connectivity index is 1.54. The molecular formula is C18H23N3O3. The third-order valence-electron chi connectivity index (χ3n) is 4.60. The van der Waals surface area contributed by atoms with Gasteiger partial charge < -0.3 is 15.1 Å². The van der Waals surface area contributed by atoms with Crippen molar-refractivity contribution in [2.24, 2.45) is 0 Å². The Bertz CT molecular complexity index is 663. The minimum absolute atomic E-state index is 0.00125. The van der Waals surface area contributed by atoms with Crippen LogP contribution in [0.2, 0.25) is 0 Å². The molecule has 2 aliphatic heterocycles. The normalized spacial score (nSPS) is 16.8. The predicted molar refractivity (Wildman–Crippen MR) is 90.5 cm³/mol. The van der Waals surface area contributed by atoms with Crippen molar-refractivity contribution in [3.8, 4) is 0 Å². The molecular weight excluding hydrogens is 306 g/mol. The van der Waals surface area contributed by atoms with Gasteiger partial charge in [-0.15, -0.1) is 0 Å². The van der Waals surface area contributed by atoms with Crippen molar-refractivity contribution in [1.29, 1.82) is 0 Å². The monoisotopic (exact) mass is 329 g/mol. The number of piperazine rings is 1. The number of nitrogens with zero attached hydrogens (tertiary/aromatic N) is 2. The molecule has 3 amide bonds. The number of carbonyl (C=O) groups is 3. The van der Waals surface area contributed by atoms with E-state index in [0.29, 0.717) is 45.4 Å². The van der Waals surface area contributed by atoms with E-state index >= 15 is 0 Å². The number of nitrogens with one attached hydrogen (secondary N) is 1. The molecule has 1 N–H and O–H groups in total. The molecule has 128 valence electrons. The van der Waals surface area contributed by atoms with Gasteiger partial charge in [0.05, 0.1) is 12.8 Å². The number of carbonyl (C=O) groups excluding carboxylic acids is 3. The molecule has 6 heteroatoms. The van der Waals surface area contributed by atoms with Gasteiger partial charge >= 0.3 is 0 Å². The average molecular weight is 329 g/mol. The van der Waals surface area contributed by atoms with E-state index in [1.807, 2.05) is 34.9 Å². The molecule has 0 atom stereocenters. The molecule has 0 radical (unpaired) electrons. The van der Waals surface area contributed by atoms with Crippen LogP contribution in [0, 0.1) is 0 Å². The van der Waals surface area contributed by atoms with Crippen LogP contribution in [0.15, 0.2) is 18.2 Å². The molecule has 0 aliphatic carbocycles. The maximum Gasteiger partial charge on any atom is 0.228 e. The van der Waals surface area contributed by atoms with Gasteiger partial charge in [0.2, 0.25) is 17.7 Å². The maximum atomic E-state index is 12.5. The van der Waals surface area contributed by atoms with Crippen molar-refractivity contribution < 1.29 is 14.4 Å². The minimum Gasteiger partial charge on any atom is -0.339 e. The van der Waals surface area contributed by atoms with E-state index in [9.17, 15) is 14.4 Å². The Hall–Kier alpha value is -2.37. The summed E-state index contributed by atoms with van der Waals surface area (Å²) in [6.45, 7) is 4.43. The zero-order chi connectivity index (χ0) is 17.1. The molecule has 6 nitrogen and oxygen atoms in total. The van der Waals surface area contributed by atoms with Crippen molar-refractivity contribution >= 4 is 23.4 Å². The lowest BCUT2D eigenvalue weighted by Gasteiger charge is -2.35. The van der Waals surface area contributed by atoms with Crippen LogP contribution in [0.3, 0.4) is 0 Å². The summed E-state index contributed by atoms with van der Waals surface area (Å²) in [5.41, 5.74) is 2.74. The number of fused-ring (bicyclic) bond motifs is 1. The van der Waals surface area contributed by atoms with Gasteiger partial charge in [-0.2, -0.15) is 0 Å². The summed E-state index contributed by atoms with van der Waals surface area (Å²) in [6.07, 6.45) is 2.16. The second-order valence-electron chi connectivity index (χ2n) is 6.40. The molecule has 0 aromatic heterocycles. The highest BCUT2D eigenvalue weighted by Gasteiger charge is 2.24. The molecule has 2 aliphatic rings. The predicted octanol–water partition coefficient (Wildman–Crippen LogP) is 1.19. The molecule has 0 unspecified atom stereocenters. The van der Waals surface area contributed by atoms with Gasteiger partial charge in [-0.3, -0.25) is 14.4 Å². The summed E-state index contributed by atoms with van der Waals surface area (Å²) in [7, 11) is 0. The molecule has 1 aromatic rings. The first-order chi connectivity index (χ1) is 11.6. The third-order valence-corrected chi connectivity index (χ3v) is 4.60.